The zero-order valence-electron chi connectivity index (χ0n) is 13.6. The van der Waals surface area contributed by atoms with Crippen LogP contribution in [-0.4, -0.2) is 21.3 Å². The molecule has 0 aliphatic heterocycles. The molecule has 1 aromatic carbocycles. The van der Waals surface area contributed by atoms with Crippen molar-refractivity contribution in [3.63, 3.8) is 0 Å². The lowest BCUT2D eigenvalue weighted by atomic mass is 10.1. The van der Waals surface area contributed by atoms with Crippen LogP contribution in [0.5, 0.6) is 0 Å². The molecule has 0 radical (unpaired) electrons. The molecule has 0 saturated heterocycles. The Morgan fingerprint density at radius 1 is 1.15 bits per heavy atom. The molecule has 0 unspecified atom stereocenters. The fourth-order valence-corrected chi connectivity index (χ4v) is 2.76. The molecule has 0 atom stereocenters. The van der Waals surface area contributed by atoms with Crippen LogP contribution >= 0.6 is 11.6 Å². The van der Waals surface area contributed by atoms with Crippen LogP contribution in [-0.2, 0) is 19.1 Å². The third kappa shape index (κ3) is 4.42. The summed E-state index contributed by atoms with van der Waals surface area (Å²) in [5.41, 5.74) is 0.895. The van der Waals surface area contributed by atoms with E-state index in [1.165, 1.54) is 12.1 Å². The molecule has 0 amide bonds. The van der Waals surface area contributed by atoms with E-state index in [0.717, 1.165) is 11.8 Å². The van der Waals surface area contributed by atoms with Gasteiger partial charge in [0, 0.05) is 12.4 Å². The van der Waals surface area contributed by atoms with Crippen LogP contribution in [0.25, 0.3) is 11.0 Å². The Morgan fingerprint density at radius 3 is 2.65 bits per heavy atom. The zero-order chi connectivity index (χ0) is 18.6. The van der Waals surface area contributed by atoms with Gasteiger partial charge in [-0.2, -0.15) is 18.3 Å². The number of pyridine rings is 1. The first-order chi connectivity index (χ1) is 12.4. The third-order valence-corrected chi connectivity index (χ3v) is 4.11. The monoisotopic (exact) mass is 379 g/mol. The highest BCUT2D eigenvalue weighted by Gasteiger charge is 2.31. The molecule has 0 spiro atoms. The lowest BCUT2D eigenvalue weighted by molar-refractivity contribution is -0.138. The predicted molar refractivity (Wildman–Crippen MR) is 93.4 cm³/mol. The Balaban J connectivity index is 1.58. The molecule has 0 bridgehead atoms. The van der Waals surface area contributed by atoms with Gasteiger partial charge in [-0.15, -0.1) is 13.1 Å². The number of hydrogen-bond donors (Lipinski definition) is 0. The van der Waals surface area contributed by atoms with Crippen LogP contribution in [0.4, 0.5) is 13.2 Å². The fraction of sp³-hybridized carbons (Fsp3) is 0.222. The highest BCUT2D eigenvalue weighted by molar-refractivity contribution is 6.31. The van der Waals surface area contributed by atoms with Gasteiger partial charge in [0.2, 0.25) is 0 Å². The minimum Gasteiger partial charge on any atom is -0.658 e. The van der Waals surface area contributed by atoms with Gasteiger partial charge in [-0.3, -0.25) is 4.98 Å². The Morgan fingerprint density at radius 2 is 1.96 bits per heavy atom. The van der Waals surface area contributed by atoms with Crippen LogP contribution in [0.1, 0.15) is 16.8 Å². The van der Waals surface area contributed by atoms with Crippen molar-refractivity contribution < 1.29 is 13.2 Å². The van der Waals surface area contributed by atoms with Gasteiger partial charge in [0.05, 0.1) is 28.2 Å². The maximum Gasteiger partial charge on any atom is 0.416 e. The van der Waals surface area contributed by atoms with E-state index in [0.29, 0.717) is 23.7 Å². The second-order valence-corrected chi connectivity index (χ2v) is 5.99. The number of rotatable bonds is 6. The highest BCUT2D eigenvalue weighted by Crippen LogP contribution is 2.32. The second kappa shape index (κ2) is 7.88. The summed E-state index contributed by atoms with van der Waals surface area (Å²) in [6.07, 6.45) is 1.15. The average Bonchev–Trinajstić information content (AvgIpc) is 3.14. The van der Waals surface area contributed by atoms with Crippen molar-refractivity contribution in [1.82, 2.24) is 14.8 Å². The van der Waals surface area contributed by atoms with E-state index in [2.05, 4.69) is 15.4 Å². The summed E-state index contributed by atoms with van der Waals surface area (Å²) in [4.78, 5) is 4.30. The number of alkyl halides is 3. The molecule has 0 aliphatic carbocycles. The molecule has 3 rings (SSSR count). The molecule has 0 aliphatic rings. The molecule has 2 heterocycles. The third-order valence-electron chi connectivity index (χ3n) is 3.78. The van der Waals surface area contributed by atoms with Gasteiger partial charge in [0.1, 0.15) is 0 Å². The SMILES string of the molecule is FC(F)(F)c1ccccc1C[N-]CCc1ncc(-n2cccn2)cc1Cl. The highest BCUT2D eigenvalue weighted by atomic mass is 35.5. The summed E-state index contributed by atoms with van der Waals surface area (Å²) in [5.74, 6) is 0. The van der Waals surface area contributed by atoms with E-state index in [-0.39, 0.29) is 12.1 Å². The normalized spacial score (nSPS) is 11.7. The summed E-state index contributed by atoms with van der Waals surface area (Å²) in [5, 5.41) is 8.79. The molecule has 0 fully saturated rings. The Labute approximate surface area is 153 Å². The van der Waals surface area contributed by atoms with Crippen molar-refractivity contribution in [2.24, 2.45) is 0 Å². The molecule has 2 aromatic heterocycles. The number of hydrogen-bond acceptors (Lipinski definition) is 2. The van der Waals surface area contributed by atoms with E-state index >= 15 is 0 Å². The number of benzene rings is 1. The average molecular weight is 380 g/mol. The molecular weight excluding hydrogens is 365 g/mol. The molecule has 8 heteroatoms. The van der Waals surface area contributed by atoms with E-state index in [1.807, 2.05) is 0 Å². The zero-order valence-corrected chi connectivity index (χ0v) is 14.4. The molecule has 4 nitrogen and oxygen atoms in total. The Bertz CT molecular complexity index is 863. The van der Waals surface area contributed by atoms with Gasteiger partial charge in [-0.25, -0.2) is 4.68 Å². The number of nitrogens with zero attached hydrogens (tertiary/aromatic N) is 4. The molecular formula is C18H15ClF3N4-. The molecule has 26 heavy (non-hydrogen) atoms. The van der Waals surface area contributed by atoms with Gasteiger partial charge in [0.25, 0.3) is 0 Å². The Hall–Kier alpha value is -2.38. The van der Waals surface area contributed by atoms with Gasteiger partial charge < -0.3 is 5.32 Å². The second-order valence-electron chi connectivity index (χ2n) is 5.58. The van der Waals surface area contributed by atoms with Crippen molar-refractivity contribution in [3.8, 4) is 5.69 Å². The van der Waals surface area contributed by atoms with Crippen LogP contribution in [0.2, 0.25) is 5.02 Å². The van der Waals surface area contributed by atoms with Crippen molar-refractivity contribution >= 4 is 11.6 Å². The lowest BCUT2D eigenvalue weighted by Crippen LogP contribution is -2.09. The van der Waals surface area contributed by atoms with Gasteiger partial charge >= 0.3 is 6.18 Å². The first kappa shape index (κ1) is 18.4. The van der Waals surface area contributed by atoms with E-state index in [9.17, 15) is 13.2 Å². The van der Waals surface area contributed by atoms with Crippen LogP contribution in [0.15, 0.2) is 55.0 Å². The van der Waals surface area contributed by atoms with Crippen LogP contribution in [0, 0.1) is 0 Å². The summed E-state index contributed by atoms with van der Waals surface area (Å²) in [6, 6.07) is 8.99. The summed E-state index contributed by atoms with van der Waals surface area (Å²) in [6.45, 7) is 0.332. The maximum atomic E-state index is 13.0. The standard InChI is InChI=1S/C18H15ClF3N4/c19-16-10-14(26-9-3-7-25-26)12-24-17(16)6-8-23-11-13-4-1-2-5-15(13)18(20,21)22/h1-5,7,9-10,12H,6,8,11H2/q-1. The smallest absolute Gasteiger partial charge is 0.416 e. The fourth-order valence-electron chi connectivity index (χ4n) is 2.51. The first-order valence-corrected chi connectivity index (χ1v) is 8.26. The summed E-state index contributed by atoms with van der Waals surface area (Å²) >= 11 is 6.23. The summed E-state index contributed by atoms with van der Waals surface area (Å²) < 4.78 is 40.5. The quantitative estimate of drug-likeness (QED) is 0.562. The molecule has 3 aromatic rings. The van der Waals surface area contributed by atoms with E-state index in [4.69, 9.17) is 11.6 Å². The molecule has 0 N–H and O–H groups in total. The van der Waals surface area contributed by atoms with E-state index < -0.39 is 11.7 Å². The van der Waals surface area contributed by atoms with Crippen molar-refractivity contribution in [2.75, 3.05) is 6.54 Å². The van der Waals surface area contributed by atoms with Crippen LogP contribution < -0.4 is 0 Å². The van der Waals surface area contributed by atoms with Crippen molar-refractivity contribution in [2.45, 2.75) is 19.1 Å². The predicted octanol–water partition coefficient (Wildman–Crippen LogP) is 5.06. The lowest BCUT2D eigenvalue weighted by Gasteiger charge is -2.22. The Kier molecular flexibility index (Phi) is 5.58. The number of halogens is 4. The van der Waals surface area contributed by atoms with Crippen molar-refractivity contribution in [1.29, 1.82) is 0 Å². The first-order valence-electron chi connectivity index (χ1n) is 7.88. The van der Waals surface area contributed by atoms with Crippen LogP contribution in [0.3, 0.4) is 0 Å². The molecule has 0 saturated carbocycles. The maximum absolute atomic E-state index is 13.0. The topological polar surface area (TPSA) is 44.8 Å². The minimum absolute atomic E-state index is 0.00132. The molecule has 136 valence electrons. The van der Waals surface area contributed by atoms with Crippen molar-refractivity contribution in [3.05, 3.63) is 82.1 Å². The van der Waals surface area contributed by atoms with Gasteiger partial charge in [0.15, 0.2) is 0 Å². The number of aromatic nitrogens is 3. The van der Waals surface area contributed by atoms with Gasteiger partial charge in [-0.05, 0) is 24.6 Å². The van der Waals surface area contributed by atoms with Gasteiger partial charge in [-0.1, -0.05) is 35.4 Å². The largest absolute Gasteiger partial charge is 0.658 e. The minimum atomic E-state index is -4.38. The summed E-state index contributed by atoms with van der Waals surface area (Å²) in [7, 11) is 0. The van der Waals surface area contributed by atoms with E-state index in [1.54, 1.807) is 41.5 Å².